The second-order valence-electron chi connectivity index (χ2n) is 5.29. The molecular weight excluding hydrogens is 409 g/mol. The van der Waals surface area contributed by atoms with Crippen molar-refractivity contribution in [1.82, 2.24) is 0 Å². The van der Waals surface area contributed by atoms with Crippen LogP contribution in [0.4, 0.5) is 30.2 Å². The fourth-order valence-corrected chi connectivity index (χ4v) is 4.57. The van der Waals surface area contributed by atoms with Gasteiger partial charge in [-0.3, -0.25) is 25.7 Å². The van der Waals surface area contributed by atoms with E-state index in [1.165, 1.54) is 11.3 Å². The Bertz CT molecular complexity index is 923. The van der Waals surface area contributed by atoms with Crippen molar-refractivity contribution in [2.45, 2.75) is 16.8 Å². The van der Waals surface area contributed by atoms with Gasteiger partial charge in [-0.15, -0.1) is 23.1 Å². The van der Waals surface area contributed by atoms with Crippen LogP contribution in [-0.4, -0.2) is 21.3 Å². The van der Waals surface area contributed by atoms with Crippen LogP contribution in [0.2, 0.25) is 0 Å². The minimum absolute atomic E-state index is 0.252. The normalized spacial score (nSPS) is 15.4. The lowest BCUT2D eigenvalue weighted by Crippen LogP contribution is -2.12. The van der Waals surface area contributed by atoms with Crippen LogP contribution in [0.3, 0.4) is 0 Å². The highest BCUT2D eigenvalue weighted by molar-refractivity contribution is 8.01. The van der Waals surface area contributed by atoms with Gasteiger partial charge < -0.3 is 0 Å². The highest BCUT2D eigenvalue weighted by Gasteiger charge is 2.37. The monoisotopic (exact) mass is 418 g/mol. The zero-order valence-electron chi connectivity index (χ0n) is 13.1. The molecule has 8 nitrogen and oxygen atoms in total. The van der Waals surface area contributed by atoms with E-state index in [4.69, 9.17) is 0 Å². The van der Waals surface area contributed by atoms with E-state index in [-0.39, 0.29) is 12.1 Å². The van der Waals surface area contributed by atoms with E-state index < -0.39 is 38.6 Å². The van der Waals surface area contributed by atoms with Crippen molar-refractivity contribution in [3.63, 3.8) is 0 Å². The van der Waals surface area contributed by atoms with Crippen LogP contribution in [0.25, 0.3) is 0 Å². The number of fused-ring (bicyclic) bond motifs is 1. The first-order valence-corrected chi connectivity index (χ1v) is 9.12. The zero-order valence-corrected chi connectivity index (χ0v) is 14.8. The summed E-state index contributed by atoms with van der Waals surface area (Å²) in [6.07, 6.45) is -4.46. The Labute approximate surface area is 157 Å². The molecule has 3 rings (SSSR count). The number of nitrogens with zero attached hydrogens (tertiary/aromatic N) is 3. The Morgan fingerprint density at radius 1 is 1.15 bits per heavy atom. The summed E-state index contributed by atoms with van der Waals surface area (Å²) in [5, 5.41) is 28.3. The van der Waals surface area contributed by atoms with E-state index in [9.17, 15) is 33.4 Å². The third kappa shape index (κ3) is 3.88. The van der Waals surface area contributed by atoms with Crippen LogP contribution in [0.15, 0.2) is 32.9 Å². The molecule has 0 unspecified atom stereocenters. The number of thioether (sulfide) groups is 1. The number of thiophene rings is 1. The Morgan fingerprint density at radius 2 is 1.78 bits per heavy atom. The summed E-state index contributed by atoms with van der Waals surface area (Å²) in [5.74, 6) is 0.700. The average Bonchev–Trinajstić information content (AvgIpc) is 3.07. The number of alkyl halides is 3. The number of hydrogen-bond acceptors (Lipinski definition) is 8. The molecular formula is C14H9F3N4O4S2. The van der Waals surface area contributed by atoms with Gasteiger partial charge in [-0.1, -0.05) is 0 Å². The van der Waals surface area contributed by atoms with Gasteiger partial charge in [-0.2, -0.15) is 18.3 Å². The molecule has 2 aromatic rings. The van der Waals surface area contributed by atoms with Crippen molar-refractivity contribution in [3.05, 3.63) is 54.9 Å². The standard InChI is InChI=1S/C14H9F3N4O4S2/c15-14(16,17)7-5-10(20(22)23)12(11(6-7)21(24)25)19-18-9-2-4-27-13-8(9)1-3-26-13/h1,3,5-6,19H,2,4H2. The molecule has 0 saturated heterocycles. The van der Waals surface area contributed by atoms with E-state index in [0.29, 0.717) is 17.9 Å². The third-order valence-corrected chi connectivity index (χ3v) is 5.87. The van der Waals surface area contributed by atoms with Crippen molar-refractivity contribution in [2.75, 3.05) is 11.2 Å². The summed E-state index contributed by atoms with van der Waals surface area (Å²) in [5.41, 5.74) is -0.747. The maximum absolute atomic E-state index is 12.9. The number of halogens is 3. The molecule has 0 fully saturated rings. The molecule has 0 amide bonds. The molecule has 1 aromatic carbocycles. The summed E-state index contributed by atoms with van der Waals surface area (Å²) >= 11 is 3.09. The first kappa shape index (κ1) is 19.1. The minimum atomic E-state index is -4.97. The number of hydrogen-bond donors (Lipinski definition) is 1. The van der Waals surface area contributed by atoms with E-state index in [0.717, 1.165) is 9.77 Å². The SMILES string of the molecule is O=[N+]([O-])c1cc(C(F)(F)F)cc([N+](=O)[O-])c1NN=C1CCSc2sccc21. The highest BCUT2D eigenvalue weighted by Crippen LogP contribution is 2.41. The molecule has 0 radical (unpaired) electrons. The van der Waals surface area contributed by atoms with Gasteiger partial charge in [0.05, 0.1) is 25.3 Å². The summed E-state index contributed by atoms with van der Waals surface area (Å²) in [4.78, 5) is 20.2. The van der Waals surface area contributed by atoms with Crippen LogP contribution < -0.4 is 5.43 Å². The smallest absolute Gasteiger partial charge is 0.266 e. The molecule has 1 N–H and O–H groups in total. The van der Waals surface area contributed by atoms with Crippen LogP contribution in [0, 0.1) is 20.2 Å². The fourth-order valence-electron chi connectivity index (χ4n) is 2.41. The number of nitrogens with one attached hydrogen (secondary N) is 1. The number of benzene rings is 1. The Kier molecular flexibility index (Phi) is 5.06. The maximum atomic E-state index is 12.9. The second-order valence-corrected chi connectivity index (χ2v) is 7.57. The van der Waals surface area contributed by atoms with Crippen LogP contribution in [0.5, 0.6) is 0 Å². The summed E-state index contributed by atoms with van der Waals surface area (Å²) in [6.45, 7) is 0. The van der Waals surface area contributed by atoms with Gasteiger partial charge in [-0.25, -0.2) is 0 Å². The molecule has 13 heteroatoms. The molecule has 0 bridgehead atoms. The Morgan fingerprint density at radius 3 is 2.33 bits per heavy atom. The molecule has 2 heterocycles. The molecule has 27 heavy (non-hydrogen) atoms. The number of hydrazone groups is 1. The Hall–Kier alpha value is -2.67. The van der Waals surface area contributed by atoms with Crippen molar-refractivity contribution >= 4 is 45.9 Å². The molecule has 0 saturated carbocycles. The molecule has 1 aliphatic heterocycles. The van der Waals surface area contributed by atoms with Crippen molar-refractivity contribution in [2.24, 2.45) is 5.10 Å². The molecule has 0 spiro atoms. The van der Waals surface area contributed by atoms with Crippen LogP contribution >= 0.6 is 23.1 Å². The predicted octanol–water partition coefficient (Wildman–Crippen LogP) is 4.90. The van der Waals surface area contributed by atoms with E-state index in [1.807, 2.05) is 5.38 Å². The molecule has 0 aliphatic carbocycles. The van der Waals surface area contributed by atoms with Crippen LogP contribution in [-0.2, 0) is 6.18 Å². The number of nitro benzene ring substituents is 2. The molecule has 0 atom stereocenters. The van der Waals surface area contributed by atoms with Gasteiger partial charge in [-0.05, 0) is 11.4 Å². The lowest BCUT2D eigenvalue weighted by molar-refractivity contribution is -0.392. The van der Waals surface area contributed by atoms with Crippen LogP contribution in [0.1, 0.15) is 17.5 Å². The summed E-state index contributed by atoms with van der Waals surface area (Å²) in [7, 11) is 0. The number of nitro groups is 2. The number of rotatable bonds is 4. The van der Waals surface area contributed by atoms with Crippen molar-refractivity contribution < 1.29 is 23.0 Å². The van der Waals surface area contributed by atoms with Crippen molar-refractivity contribution in [3.8, 4) is 0 Å². The predicted molar refractivity (Wildman–Crippen MR) is 94.6 cm³/mol. The van der Waals surface area contributed by atoms with E-state index >= 15 is 0 Å². The molecule has 1 aliphatic rings. The van der Waals surface area contributed by atoms with Gasteiger partial charge in [0.2, 0.25) is 5.69 Å². The number of anilines is 1. The summed E-state index contributed by atoms with van der Waals surface area (Å²) < 4.78 is 39.7. The van der Waals surface area contributed by atoms with Gasteiger partial charge in [0.1, 0.15) is 0 Å². The first-order chi connectivity index (χ1) is 12.7. The van der Waals surface area contributed by atoms with Crippen molar-refractivity contribution in [1.29, 1.82) is 0 Å². The zero-order chi connectivity index (χ0) is 19.8. The van der Waals surface area contributed by atoms with Gasteiger partial charge >= 0.3 is 17.6 Å². The molecule has 142 valence electrons. The Balaban J connectivity index is 2.09. The third-order valence-electron chi connectivity index (χ3n) is 3.63. The van der Waals surface area contributed by atoms with Gasteiger partial charge in [0.15, 0.2) is 0 Å². The quantitative estimate of drug-likeness (QED) is 0.559. The lowest BCUT2D eigenvalue weighted by atomic mass is 10.1. The minimum Gasteiger partial charge on any atom is -0.266 e. The lowest BCUT2D eigenvalue weighted by Gasteiger charge is -2.14. The maximum Gasteiger partial charge on any atom is 0.416 e. The fraction of sp³-hybridized carbons (Fsp3) is 0.214. The van der Waals surface area contributed by atoms with E-state index in [2.05, 4.69) is 10.5 Å². The topological polar surface area (TPSA) is 111 Å². The average molecular weight is 418 g/mol. The molecule has 1 aromatic heterocycles. The first-order valence-electron chi connectivity index (χ1n) is 7.25. The van der Waals surface area contributed by atoms with E-state index in [1.54, 1.807) is 17.8 Å². The largest absolute Gasteiger partial charge is 0.416 e. The summed E-state index contributed by atoms with van der Waals surface area (Å²) in [6, 6.07) is 2.30. The highest BCUT2D eigenvalue weighted by atomic mass is 32.2. The second kappa shape index (κ2) is 7.15. The van der Waals surface area contributed by atoms with Gasteiger partial charge in [0, 0.05) is 29.9 Å². The van der Waals surface area contributed by atoms with Gasteiger partial charge in [0.25, 0.3) is 0 Å².